The molecule has 5 nitrogen and oxygen atoms in total. The van der Waals surface area contributed by atoms with Crippen LogP contribution in [0.5, 0.6) is 5.88 Å². The van der Waals surface area contributed by atoms with E-state index >= 15 is 0 Å². The van der Waals surface area contributed by atoms with Crippen molar-refractivity contribution < 1.29 is 31.8 Å². The number of ether oxygens (including phenoxy) is 2. The molecule has 0 fully saturated rings. The number of carbonyl (C=O) groups excluding carboxylic acids is 1. The van der Waals surface area contributed by atoms with Gasteiger partial charge in [-0.2, -0.15) is 0 Å². The predicted molar refractivity (Wildman–Crippen MR) is 58.9 cm³/mol. The molecule has 0 aliphatic rings. The van der Waals surface area contributed by atoms with E-state index in [2.05, 4.69) is 9.47 Å². The molecule has 9 heteroatoms. The quantitative estimate of drug-likeness (QED) is 0.665. The predicted octanol–water partition coefficient (Wildman–Crippen LogP) is 1.85. The van der Waals surface area contributed by atoms with Crippen molar-refractivity contribution in [3.05, 3.63) is 27.5 Å². The minimum absolute atomic E-state index is 0.0165. The first-order chi connectivity index (χ1) is 9.26. The standard InChI is InChI=1S/C11H11F4NO4/c1-2-19-9(18)4-7-6(5-12)3-8(17)16-10(7)20-11(13,14)15/h3H,2,4-5H2,1H3,(H,16,17). The van der Waals surface area contributed by atoms with Crippen molar-refractivity contribution in [2.75, 3.05) is 6.61 Å². The highest BCUT2D eigenvalue weighted by atomic mass is 19.4. The summed E-state index contributed by atoms with van der Waals surface area (Å²) in [6, 6.07) is 0.762. The first-order valence-corrected chi connectivity index (χ1v) is 5.49. The zero-order valence-corrected chi connectivity index (χ0v) is 10.3. The molecule has 0 saturated heterocycles. The Balaban J connectivity index is 3.22. The topological polar surface area (TPSA) is 68.4 Å². The van der Waals surface area contributed by atoms with Gasteiger partial charge >= 0.3 is 12.3 Å². The highest BCUT2D eigenvalue weighted by molar-refractivity contribution is 5.73. The Hall–Kier alpha value is -2.06. The second-order valence-corrected chi connectivity index (χ2v) is 3.63. The van der Waals surface area contributed by atoms with Crippen LogP contribution in [0.4, 0.5) is 17.6 Å². The smallest absolute Gasteiger partial charge is 0.466 e. The maximum Gasteiger partial charge on any atom is 0.574 e. The van der Waals surface area contributed by atoms with Gasteiger partial charge in [0, 0.05) is 11.6 Å². The van der Waals surface area contributed by atoms with Crippen molar-refractivity contribution >= 4 is 5.97 Å². The van der Waals surface area contributed by atoms with E-state index in [1.54, 1.807) is 4.98 Å². The third-order valence-electron chi connectivity index (χ3n) is 2.19. The highest BCUT2D eigenvalue weighted by Crippen LogP contribution is 2.26. The van der Waals surface area contributed by atoms with E-state index in [1.807, 2.05) is 0 Å². The third-order valence-corrected chi connectivity index (χ3v) is 2.19. The fraction of sp³-hybridized carbons (Fsp3) is 0.455. The molecule has 1 N–H and O–H groups in total. The number of halogens is 4. The summed E-state index contributed by atoms with van der Waals surface area (Å²) < 4.78 is 57.6. The fourth-order valence-electron chi connectivity index (χ4n) is 1.49. The van der Waals surface area contributed by atoms with Gasteiger partial charge < -0.3 is 9.47 Å². The zero-order chi connectivity index (χ0) is 15.3. The summed E-state index contributed by atoms with van der Waals surface area (Å²) >= 11 is 0. The lowest BCUT2D eigenvalue weighted by atomic mass is 10.1. The Morgan fingerprint density at radius 3 is 2.55 bits per heavy atom. The summed E-state index contributed by atoms with van der Waals surface area (Å²) in [5.74, 6) is -1.87. The first kappa shape index (κ1) is 16.0. The second kappa shape index (κ2) is 6.40. The molecular weight excluding hydrogens is 286 g/mol. The van der Waals surface area contributed by atoms with Crippen molar-refractivity contribution in [1.29, 1.82) is 0 Å². The van der Waals surface area contributed by atoms with Crippen LogP contribution in [0.2, 0.25) is 0 Å². The molecule has 1 aromatic heterocycles. The van der Waals surface area contributed by atoms with Crippen LogP contribution in [-0.4, -0.2) is 23.9 Å². The number of pyridine rings is 1. The van der Waals surface area contributed by atoms with E-state index in [0.717, 1.165) is 6.07 Å². The number of alkyl halides is 4. The Kier molecular flexibility index (Phi) is 5.12. The number of nitrogens with one attached hydrogen (secondary N) is 1. The van der Waals surface area contributed by atoms with Gasteiger partial charge in [-0.1, -0.05) is 0 Å². The summed E-state index contributed by atoms with van der Waals surface area (Å²) in [7, 11) is 0. The van der Waals surface area contributed by atoms with Crippen LogP contribution >= 0.6 is 0 Å². The molecule has 1 heterocycles. The Morgan fingerprint density at radius 1 is 1.40 bits per heavy atom. The van der Waals surface area contributed by atoms with Crippen LogP contribution in [0.3, 0.4) is 0 Å². The lowest BCUT2D eigenvalue weighted by molar-refractivity contribution is -0.276. The monoisotopic (exact) mass is 297 g/mol. The second-order valence-electron chi connectivity index (χ2n) is 3.63. The molecule has 112 valence electrons. The van der Waals surface area contributed by atoms with Gasteiger partial charge in [-0.3, -0.25) is 14.6 Å². The van der Waals surface area contributed by atoms with E-state index in [0.29, 0.717) is 0 Å². The van der Waals surface area contributed by atoms with Crippen molar-refractivity contribution in [2.24, 2.45) is 0 Å². The Bertz CT molecular complexity index is 538. The molecule has 20 heavy (non-hydrogen) atoms. The van der Waals surface area contributed by atoms with Crippen LogP contribution in [0.25, 0.3) is 0 Å². The SMILES string of the molecule is CCOC(=O)Cc1c(CF)cc(=O)[nH]c1OC(F)(F)F. The lowest BCUT2D eigenvalue weighted by Gasteiger charge is -2.14. The van der Waals surface area contributed by atoms with Gasteiger partial charge in [0.1, 0.15) is 6.67 Å². The summed E-state index contributed by atoms with van der Waals surface area (Å²) in [5, 5.41) is 0. The molecule has 1 aromatic rings. The number of H-pyrrole nitrogens is 1. The molecule has 0 saturated carbocycles. The summed E-state index contributed by atoms with van der Waals surface area (Å²) in [4.78, 5) is 24.2. The molecule has 0 atom stereocenters. The van der Waals surface area contributed by atoms with Gasteiger partial charge in [-0.05, 0) is 12.5 Å². The van der Waals surface area contributed by atoms with Crippen LogP contribution < -0.4 is 10.3 Å². The highest BCUT2D eigenvalue weighted by Gasteiger charge is 2.33. The van der Waals surface area contributed by atoms with E-state index in [-0.39, 0.29) is 12.2 Å². The lowest BCUT2D eigenvalue weighted by Crippen LogP contribution is -2.23. The van der Waals surface area contributed by atoms with E-state index in [4.69, 9.17) is 0 Å². The molecule has 0 amide bonds. The van der Waals surface area contributed by atoms with Crippen LogP contribution in [0.15, 0.2) is 10.9 Å². The maximum absolute atomic E-state index is 12.8. The largest absolute Gasteiger partial charge is 0.574 e. The number of hydrogen-bond acceptors (Lipinski definition) is 4. The van der Waals surface area contributed by atoms with Crippen molar-refractivity contribution in [2.45, 2.75) is 26.4 Å². The fourth-order valence-corrected chi connectivity index (χ4v) is 1.49. The van der Waals surface area contributed by atoms with Crippen LogP contribution in [-0.2, 0) is 22.6 Å². The molecule has 0 aromatic carbocycles. The molecular formula is C11H11F4NO4. The van der Waals surface area contributed by atoms with E-state index in [9.17, 15) is 27.2 Å². The van der Waals surface area contributed by atoms with Crippen LogP contribution in [0.1, 0.15) is 18.1 Å². The normalized spacial score (nSPS) is 11.2. The van der Waals surface area contributed by atoms with Gasteiger partial charge in [0.2, 0.25) is 5.88 Å². The zero-order valence-electron chi connectivity index (χ0n) is 10.3. The molecule has 0 aliphatic heterocycles. The minimum Gasteiger partial charge on any atom is -0.466 e. The molecule has 1 rings (SSSR count). The average molecular weight is 297 g/mol. The van der Waals surface area contributed by atoms with Crippen LogP contribution in [0, 0.1) is 0 Å². The Morgan fingerprint density at radius 2 is 2.05 bits per heavy atom. The molecule has 0 unspecified atom stereocenters. The van der Waals surface area contributed by atoms with Crippen molar-refractivity contribution in [1.82, 2.24) is 4.98 Å². The average Bonchev–Trinajstić information content (AvgIpc) is 2.30. The van der Waals surface area contributed by atoms with Gasteiger partial charge in [0.05, 0.1) is 13.0 Å². The number of aromatic amines is 1. The van der Waals surface area contributed by atoms with E-state index in [1.165, 1.54) is 6.92 Å². The number of esters is 1. The van der Waals surface area contributed by atoms with Crippen molar-refractivity contribution in [3.8, 4) is 5.88 Å². The van der Waals surface area contributed by atoms with Gasteiger partial charge in [0.15, 0.2) is 0 Å². The third kappa shape index (κ3) is 4.56. The maximum atomic E-state index is 12.8. The number of aromatic nitrogens is 1. The number of hydrogen-bond donors (Lipinski definition) is 1. The minimum atomic E-state index is -5.08. The Labute approximate surface area is 110 Å². The number of rotatable bonds is 5. The van der Waals surface area contributed by atoms with E-state index < -0.39 is 42.4 Å². The molecule has 0 aliphatic carbocycles. The summed E-state index contributed by atoms with van der Waals surface area (Å²) in [6.07, 6.45) is -5.73. The number of carbonyl (C=O) groups is 1. The summed E-state index contributed by atoms with van der Waals surface area (Å²) in [5.41, 5.74) is -1.73. The van der Waals surface area contributed by atoms with Gasteiger partial charge in [-0.15, -0.1) is 13.2 Å². The first-order valence-electron chi connectivity index (χ1n) is 5.49. The van der Waals surface area contributed by atoms with Crippen molar-refractivity contribution in [3.63, 3.8) is 0 Å². The molecule has 0 bridgehead atoms. The molecule has 0 spiro atoms. The molecule has 0 radical (unpaired) electrons. The summed E-state index contributed by atoms with van der Waals surface area (Å²) in [6.45, 7) is 0.309. The van der Waals surface area contributed by atoms with Gasteiger partial charge in [0.25, 0.3) is 5.56 Å². The van der Waals surface area contributed by atoms with Gasteiger partial charge in [-0.25, -0.2) is 4.39 Å².